The van der Waals surface area contributed by atoms with Crippen LogP contribution in [0.15, 0.2) is 42.7 Å². The summed E-state index contributed by atoms with van der Waals surface area (Å²) in [5, 5.41) is 0. The SMILES string of the molecule is C=C/C=C/C=C=CC. The molecule has 0 atom stereocenters. The van der Waals surface area contributed by atoms with Gasteiger partial charge in [-0.25, -0.2) is 0 Å². The molecule has 0 heteroatoms. The van der Waals surface area contributed by atoms with Crippen molar-refractivity contribution in [3.63, 3.8) is 0 Å². The topological polar surface area (TPSA) is 0 Å². The summed E-state index contributed by atoms with van der Waals surface area (Å²) in [5.74, 6) is 0. The second kappa shape index (κ2) is 6.00. The first kappa shape index (κ1) is 7.00. The van der Waals surface area contributed by atoms with Crippen LogP contribution in [0.3, 0.4) is 0 Å². The van der Waals surface area contributed by atoms with Gasteiger partial charge >= 0.3 is 0 Å². The maximum atomic E-state index is 3.51. The summed E-state index contributed by atoms with van der Waals surface area (Å²) in [5.41, 5.74) is 2.90. The molecular formula is C8H10. The van der Waals surface area contributed by atoms with Crippen LogP contribution in [0.4, 0.5) is 0 Å². The Kier molecular flexibility index (Phi) is 5.25. The fraction of sp³-hybridized carbons (Fsp3) is 0.125. The van der Waals surface area contributed by atoms with Gasteiger partial charge in [-0.3, -0.25) is 0 Å². The molecule has 0 saturated carbocycles. The van der Waals surface area contributed by atoms with E-state index in [1.165, 1.54) is 0 Å². The Hall–Kier alpha value is -1.00. The summed E-state index contributed by atoms with van der Waals surface area (Å²) in [7, 11) is 0. The van der Waals surface area contributed by atoms with E-state index in [4.69, 9.17) is 0 Å². The highest BCUT2D eigenvalue weighted by molar-refractivity contribution is 5.08. The molecule has 0 nitrogen and oxygen atoms in total. The largest absolute Gasteiger partial charge is 0.125 e. The summed E-state index contributed by atoms with van der Waals surface area (Å²) in [4.78, 5) is 0. The molecule has 0 aliphatic carbocycles. The lowest BCUT2D eigenvalue weighted by molar-refractivity contribution is 1.76. The van der Waals surface area contributed by atoms with Gasteiger partial charge in [0, 0.05) is 0 Å². The second-order valence-electron chi connectivity index (χ2n) is 1.24. The molecule has 0 spiro atoms. The highest BCUT2D eigenvalue weighted by atomic mass is 13.6. The molecule has 0 aromatic rings. The highest BCUT2D eigenvalue weighted by Gasteiger charge is 1.52. The van der Waals surface area contributed by atoms with Crippen LogP contribution in [-0.4, -0.2) is 0 Å². The van der Waals surface area contributed by atoms with Crippen molar-refractivity contribution in [2.24, 2.45) is 0 Å². The van der Waals surface area contributed by atoms with E-state index in [0.29, 0.717) is 0 Å². The van der Waals surface area contributed by atoms with Crippen molar-refractivity contribution in [2.45, 2.75) is 6.92 Å². The van der Waals surface area contributed by atoms with E-state index in [1.54, 1.807) is 6.08 Å². The van der Waals surface area contributed by atoms with Crippen LogP contribution < -0.4 is 0 Å². The van der Waals surface area contributed by atoms with Gasteiger partial charge in [0.05, 0.1) is 0 Å². The molecule has 0 aromatic heterocycles. The van der Waals surface area contributed by atoms with Gasteiger partial charge in [-0.15, -0.1) is 5.73 Å². The summed E-state index contributed by atoms with van der Waals surface area (Å²) >= 11 is 0. The summed E-state index contributed by atoms with van der Waals surface area (Å²) in [6, 6.07) is 0. The van der Waals surface area contributed by atoms with Crippen molar-refractivity contribution in [1.29, 1.82) is 0 Å². The lowest BCUT2D eigenvalue weighted by atomic mass is 10.4. The van der Waals surface area contributed by atoms with Crippen LogP contribution in [0.25, 0.3) is 0 Å². The van der Waals surface area contributed by atoms with Crippen LogP contribution in [0.1, 0.15) is 6.92 Å². The quantitative estimate of drug-likeness (QED) is 0.374. The molecule has 0 N–H and O–H groups in total. The first-order valence-corrected chi connectivity index (χ1v) is 2.56. The molecule has 0 fully saturated rings. The Labute approximate surface area is 50.5 Å². The molecule has 0 heterocycles. The van der Waals surface area contributed by atoms with Crippen molar-refractivity contribution in [2.75, 3.05) is 0 Å². The third kappa shape index (κ3) is 5.00. The minimum atomic E-state index is 1.73. The van der Waals surface area contributed by atoms with Crippen molar-refractivity contribution >= 4 is 0 Å². The zero-order chi connectivity index (χ0) is 6.24. The van der Waals surface area contributed by atoms with E-state index >= 15 is 0 Å². The lowest BCUT2D eigenvalue weighted by Crippen LogP contribution is -1.41. The van der Waals surface area contributed by atoms with Gasteiger partial charge in [-0.1, -0.05) is 24.8 Å². The minimum absolute atomic E-state index is 1.73. The fourth-order valence-electron chi connectivity index (χ4n) is 0.286. The molecule has 0 aliphatic rings. The van der Waals surface area contributed by atoms with Crippen molar-refractivity contribution in [1.82, 2.24) is 0 Å². The summed E-state index contributed by atoms with van der Waals surface area (Å²) < 4.78 is 0. The summed E-state index contributed by atoms with van der Waals surface area (Å²) in [6.07, 6.45) is 9.16. The third-order valence-electron chi connectivity index (χ3n) is 0.606. The van der Waals surface area contributed by atoms with Gasteiger partial charge < -0.3 is 0 Å². The average molecular weight is 106 g/mol. The Morgan fingerprint density at radius 2 is 2.12 bits per heavy atom. The van der Waals surface area contributed by atoms with E-state index in [-0.39, 0.29) is 0 Å². The maximum absolute atomic E-state index is 3.51. The standard InChI is InChI=1S/C8H10/c1-3-5-7-8-6-4-2/h3-5,7-8H,1H2,2H3/b7-5+. The van der Waals surface area contributed by atoms with E-state index in [9.17, 15) is 0 Å². The molecule has 8 heavy (non-hydrogen) atoms. The average Bonchev–Trinajstić information content (AvgIpc) is 1.81. The van der Waals surface area contributed by atoms with E-state index in [1.807, 2.05) is 31.2 Å². The Morgan fingerprint density at radius 1 is 1.38 bits per heavy atom. The van der Waals surface area contributed by atoms with Gasteiger partial charge in [0.25, 0.3) is 0 Å². The molecule has 0 aromatic carbocycles. The van der Waals surface area contributed by atoms with E-state index in [0.717, 1.165) is 0 Å². The molecule has 0 saturated heterocycles. The van der Waals surface area contributed by atoms with Crippen molar-refractivity contribution in [3.8, 4) is 0 Å². The van der Waals surface area contributed by atoms with Gasteiger partial charge in [0.15, 0.2) is 0 Å². The number of hydrogen-bond acceptors (Lipinski definition) is 0. The molecule has 0 unspecified atom stereocenters. The third-order valence-corrected chi connectivity index (χ3v) is 0.606. The van der Waals surface area contributed by atoms with Crippen LogP contribution in [0.5, 0.6) is 0 Å². The summed E-state index contributed by atoms with van der Waals surface area (Å²) in [6.45, 7) is 5.44. The maximum Gasteiger partial charge on any atom is -0.0203 e. The first-order valence-electron chi connectivity index (χ1n) is 2.56. The number of rotatable bonds is 2. The number of hydrogen-bond donors (Lipinski definition) is 0. The van der Waals surface area contributed by atoms with Crippen LogP contribution in [0, 0.1) is 0 Å². The predicted octanol–water partition coefficient (Wildman–Crippen LogP) is 2.46. The monoisotopic (exact) mass is 106 g/mol. The zero-order valence-electron chi connectivity index (χ0n) is 5.09. The lowest BCUT2D eigenvalue weighted by Gasteiger charge is -1.63. The smallest absolute Gasteiger partial charge is 0.0203 e. The predicted molar refractivity (Wildman–Crippen MR) is 37.7 cm³/mol. The minimum Gasteiger partial charge on any atom is -0.125 e. The molecule has 0 aliphatic heterocycles. The fourth-order valence-corrected chi connectivity index (χ4v) is 0.286. The van der Waals surface area contributed by atoms with Gasteiger partial charge in [-0.05, 0) is 19.1 Å². The Bertz CT molecular complexity index is 132. The second-order valence-corrected chi connectivity index (χ2v) is 1.24. The normalized spacial score (nSPS) is 8.12. The molecule has 0 bridgehead atoms. The Morgan fingerprint density at radius 3 is 2.62 bits per heavy atom. The Balaban J connectivity index is 3.58. The van der Waals surface area contributed by atoms with Crippen molar-refractivity contribution in [3.05, 3.63) is 42.7 Å². The molecule has 0 amide bonds. The van der Waals surface area contributed by atoms with Crippen LogP contribution in [-0.2, 0) is 0 Å². The van der Waals surface area contributed by atoms with Crippen molar-refractivity contribution < 1.29 is 0 Å². The zero-order valence-corrected chi connectivity index (χ0v) is 5.09. The van der Waals surface area contributed by atoms with E-state index < -0.39 is 0 Å². The van der Waals surface area contributed by atoms with E-state index in [2.05, 4.69) is 12.3 Å². The van der Waals surface area contributed by atoms with Crippen LogP contribution in [0.2, 0.25) is 0 Å². The van der Waals surface area contributed by atoms with Crippen LogP contribution >= 0.6 is 0 Å². The van der Waals surface area contributed by atoms with Gasteiger partial charge in [0.2, 0.25) is 0 Å². The highest BCUT2D eigenvalue weighted by Crippen LogP contribution is 1.73. The first-order chi connectivity index (χ1) is 3.91. The molecule has 42 valence electrons. The van der Waals surface area contributed by atoms with Gasteiger partial charge in [-0.2, -0.15) is 0 Å². The number of allylic oxidation sites excluding steroid dienone is 4. The molecule has 0 rings (SSSR count). The molecular weight excluding hydrogens is 96.1 g/mol. The molecule has 0 radical (unpaired) electrons. The van der Waals surface area contributed by atoms with Gasteiger partial charge in [0.1, 0.15) is 0 Å².